The van der Waals surface area contributed by atoms with Crippen molar-refractivity contribution in [2.75, 3.05) is 13.1 Å². The van der Waals surface area contributed by atoms with Crippen LogP contribution >= 0.6 is 0 Å². The number of hydrogen-bond acceptors (Lipinski definition) is 1. The van der Waals surface area contributed by atoms with Gasteiger partial charge in [-0.3, -0.25) is 4.48 Å². The number of unbranched alkanes of at least 4 members (excludes halogenated alkanes) is 3. The van der Waals surface area contributed by atoms with Crippen LogP contribution in [0.15, 0.2) is 17.4 Å². The molecule has 0 fully saturated rings. The number of rotatable bonds is 6. The van der Waals surface area contributed by atoms with E-state index in [1.807, 2.05) is 6.20 Å². The summed E-state index contributed by atoms with van der Waals surface area (Å²) in [6, 6.07) is 0. The molecule has 1 aliphatic rings. The maximum absolute atomic E-state index is 9.75. The third-order valence-corrected chi connectivity index (χ3v) is 2.76. The topological polar surface area (TPSA) is 12.4 Å². The Balaban J connectivity index is 0.000000494. The molecule has 0 radical (unpaired) electrons. The number of hydrogen-bond donors (Lipinski definition) is 0. The first kappa shape index (κ1) is 17.2. The van der Waals surface area contributed by atoms with Crippen LogP contribution in [0.2, 0.25) is 0 Å². The molecule has 1 atom stereocenters. The summed E-state index contributed by atoms with van der Waals surface area (Å²) in [6.45, 7) is 6.82. The second kappa shape index (κ2) is 8.29. The molecule has 0 saturated heterocycles. The van der Waals surface area contributed by atoms with Crippen LogP contribution in [0.3, 0.4) is 0 Å². The van der Waals surface area contributed by atoms with Crippen molar-refractivity contribution in [2.45, 2.75) is 39.5 Å². The van der Waals surface area contributed by atoms with E-state index in [1.54, 1.807) is 0 Å². The summed E-state index contributed by atoms with van der Waals surface area (Å²) in [5, 5.41) is 0. The van der Waals surface area contributed by atoms with Crippen LogP contribution in [-0.4, -0.2) is 31.2 Å². The summed E-state index contributed by atoms with van der Waals surface area (Å²) >= 11 is 0. The Bertz CT molecular complexity index is 259. The molecule has 0 aromatic rings. The lowest BCUT2D eigenvalue weighted by Gasteiger charge is -2.25. The van der Waals surface area contributed by atoms with Crippen LogP contribution in [0, 0.1) is 0 Å². The summed E-state index contributed by atoms with van der Waals surface area (Å²) < 4.78 is 40.0. The molecule has 1 rings (SSSR count). The first-order chi connectivity index (χ1) is 8.33. The van der Waals surface area contributed by atoms with E-state index in [2.05, 4.69) is 31.4 Å². The molecular formula is C11H21BF4N2. The summed E-state index contributed by atoms with van der Waals surface area (Å²) in [6.07, 6.45) is 11.5. The third kappa shape index (κ3) is 9.21. The van der Waals surface area contributed by atoms with Crippen LogP contribution in [0.5, 0.6) is 0 Å². The van der Waals surface area contributed by atoms with Gasteiger partial charge < -0.3 is 17.3 Å². The van der Waals surface area contributed by atoms with Gasteiger partial charge in [0, 0.05) is 0 Å². The largest absolute Gasteiger partial charge is 0.673 e. The molecule has 1 aliphatic heterocycles. The molecule has 0 saturated carbocycles. The summed E-state index contributed by atoms with van der Waals surface area (Å²) in [5.74, 6) is 0. The van der Waals surface area contributed by atoms with Gasteiger partial charge in [-0.15, -0.1) is 0 Å². The van der Waals surface area contributed by atoms with Gasteiger partial charge in [-0.05, 0) is 19.8 Å². The molecule has 0 amide bonds. The summed E-state index contributed by atoms with van der Waals surface area (Å²) in [7, 11) is -6.00. The zero-order valence-corrected chi connectivity index (χ0v) is 11.0. The van der Waals surface area contributed by atoms with Gasteiger partial charge in [0.1, 0.15) is 6.20 Å². The standard InChI is InChI=1S/C11H21N2.BF4/c1-3-5-6-7-9-13(4-2)10-8-12-11-13;2-1(3,4)5/h8,10-11H,3-7,9H2,1-2H3;/q+1;-1. The summed E-state index contributed by atoms with van der Waals surface area (Å²) in [4.78, 5) is 4.17. The zero-order valence-electron chi connectivity index (χ0n) is 11.0. The highest BCUT2D eigenvalue weighted by Crippen LogP contribution is 2.13. The highest BCUT2D eigenvalue weighted by atomic mass is 19.5. The van der Waals surface area contributed by atoms with Crippen LogP contribution < -0.4 is 0 Å². The van der Waals surface area contributed by atoms with E-state index < -0.39 is 7.25 Å². The van der Waals surface area contributed by atoms with E-state index in [-0.39, 0.29) is 0 Å². The maximum Gasteiger partial charge on any atom is 0.673 e. The highest BCUT2D eigenvalue weighted by Gasteiger charge is 2.22. The van der Waals surface area contributed by atoms with Crippen molar-refractivity contribution >= 4 is 13.6 Å². The van der Waals surface area contributed by atoms with Gasteiger partial charge in [0.2, 0.25) is 0 Å². The number of aliphatic imine (C=N–C) groups is 1. The second-order valence-corrected chi connectivity index (χ2v) is 4.26. The Morgan fingerprint density at radius 3 is 2.06 bits per heavy atom. The lowest BCUT2D eigenvalue weighted by atomic mass is 10.2. The van der Waals surface area contributed by atoms with Crippen molar-refractivity contribution in [3.8, 4) is 0 Å². The Morgan fingerprint density at radius 2 is 1.67 bits per heavy atom. The molecule has 2 nitrogen and oxygen atoms in total. The van der Waals surface area contributed by atoms with Crippen LogP contribution in [-0.2, 0) is 0 Å². The molecule has 0 aliphatic carbocycles. The number of nitrogens with zero attached hydrogens (tertiary/aromatic N) is 2. The molecule has 0 aromatic heterocycles. The Morgan fingerprint density at radius 1 is 1.06 bits per heavy atom. The molecule has 1 unspecified atom stereocenters. The lowest BCUT2D eigenvalue weighted by molar-refractivity contribution is -0.777. The van der Waals surface area contributed by atoms with Crippen LogP contribution in [0.1, 0.15) is 39.5 Å². The van der Waals surface area contributed by atoms with Crippen molar-refractivity contribution in [3.63, 3.8) is 0 Å². The van der Waals surface area contributed by atoms with Gasteiger partial charge in [-0.1, -0.05) is 19.8 Å². The first-order valence-corrected chi connectivity index (χ1v) is 6.29. The molecule has 0 spiro atoms. The average molecular weight is 268 g/mol. The number of quaternary nitrogens is 1. The van der Waals surface area contributed by atoms with Gasteiger partial charge in [0.05, 0.1) is 19.3 Å². The minimum absolute atomic E-state index is 0.962. The predicted molar refractivity (Wildman–Crippen MR) is 67.6 cm³/mol. The minimum Gasteiger partial charge on any atom is -0.418 e. The Kier molecular flexibility index (Phi) is 7.90. The molecule has 1 heterocycles. The van der Waals surface area contributed by atoms with Crippen molar-refractivity contribution in [1.82, 2.24) is 0 Å². The van der Waals surface area contributed by atoms with Crippen LogP contribution in [0.4, 0.5) is 17.3 Å². The quantitative estimate of drug-likeness (QED) is 0.296. The van der Waals surface area contributed by atoms with E-state index in [0.29, 0.717) is 0 Å². The Labute approximate surface area is 106 Å². The fourth-order valence-corrected chi connectivity index (χ4v) is 1.69. The fourth-order valence-electron chi connectivity index (χ4n) is 1.69. The molecule has 7 heteroatoms. The molecule has 0 bridgehead atoms. The van der Waals surface area contributed by atoms with Crippen molar-refractivity contribution in [3.05, 3.63) is 12.4 Å². The van der Waals surface area contributed by atoms with E-state index in [0.717, 1.165) is 11.0 Å². The second-order valence-electron chi connectivity index (χ2n) is 4.26. The molecular weight excluding hydrogens is 247 g/mol. The maximum atomic E-state index is 9.75. The zero-order chi connectivity index (χ0) is 14.1. The highest BCUT2D eigenvalue weighted by molar-refractivity contribution is 6.50. The van der Waals surface area contributed by atoms with E-state index in [1.165, 1.54) is 32.2 Å². The third-order valence-electron chi connectivity index (χ3n) is 2.76. The van der Waals surface area contributed by atoms with Crippen molar-refractivity contribution in [2.24, 2.45) is 4.99 Å². The Hall–Kier alpha value is -0.845. The fraction of sp³-hybridized carbons (Fsp3) is 0.727. The average Bonchev–Trinajstić information content (AvgIpc) is 2.72. The van der Waals surface area contributed by atoms with Crippen molar-refractivity contribution in [1.29, 1.82) is 0 Å². The summed E-state index contributed by atoms with van der Waals surface area (Å²) in [5.41, 5.74) is 0. The van der Waals surface area contributed by atoms with E-state index in [4.69, 9.17) is 0 Å². The number of halogens is 4. The lowest BCUT2D eigenvalue weighted by Crippen LogP contribution is -2.40. The monoisotopic (exact) mass is 268 g/mol. The normalized spacial score (nSPS) is 21.9. The molecule has 18 heavy (non-hydrogen) atoms. The SMILES string of the molecule is CCCCCC[N+]1(CC)C=CN=C1.F[B-](F)(F)F. The van der Waals surface area contributed by atoms with Gasteiger partial charge >= 0.3 is 7.25 Å². The molecule has 106 valence electrons. The van der Waals surface area contributed by atoms with Crippen LogP contribution in [0.25, 0.3) is 0 Å². The molecule has 0 N–H and O–H groups in total. The van der Waals surface area contributed by atoms with Gasteiger partial charge in [0.25, 0.3) is 0 Å². The molecule has 0 aromatic carbocycles. The predicted octanol–water partition coefficient (Wildman–Crippen LogP) is 4.22. The first-order valence-electron chi connectivity index (χ1n) is 6.29. The van der Waals surface area contributed by atoms with E-state index >= 15 is 0 Å². The minimum atomic E-state index is -6.00. The van der Waals surface area contributed by atoms with Gasteiger partial charge in [-0.25, -0.2) is 4.99 Å². The van der Waals surface area contributed by atoms with Crippen molar-refractivity contribution < 1.29 is 21.7 Å². The van der Waals surface area contributed by atoms with Gasteiger partial charge in [-0.2, -0.15) is 0 Å². The van der Waals surface area contributed by atoms with Gasteiger partial charge in [0.15, 0.2) is 6.34 Å². The van der Waals surface area contributed by atoms with E-state index in [9.17, 15) is 17.3 Å². The smallest absolute Gasteiger partial charge is 0.418 e.